The summed E-state index contributed by atoms with van der Waals surface area (Å²) in [5.74, 6) is 1.61. The Hall–Kier alpha value is -3.48. The number of hydrogen-bond donors (Lipinski definition) is 0. The van der Waals surface area contributed by atoms with Gasteiger partial charge in [0.1, 0.15) is 11.3 Å². The maximum atomic E-state index is 13.0. The van der Waals surface area contributed by atoms with Crippen LogP contribution < -0.4 is 19.8 Å². The van der Waals surface area contributed by atoms with E-state index in [9.17, 15) is 9.59 Å². The van der Waals surface area contributed by atoms with Crippen LogP contribution in [-0.4, -0.2) is 31.8 Å². The molecule has 0 spiro atoms. The first-order valence-corrected chi connectivity index (χ1v) is 8.31. The topological polar surface area (TPSA) is 78.2 Å². The zero-order chi connectivity index (χ0) is 19.0. The van der Waals surface area contributed by atoms with Gasteiger partial charge in [-0.15, -0.1) is 0 Å². The average molecular weight is 367 g/mol. The van der Waals surface area contributed by atoms with Gasteiger partial charge in [0, 0.05) is 31.1 Å². The zero-order valence-electron chi connectivity index (χ0n) is 14.9. The quantitative estimate of drug-likeness (QED) is 0.660. The number of benzene rings is 2. The number of amides is 1. The number of hydrogen-bond acceptors (Lipinski definition) is 6. The number of fused-ring (bicyclic) bond motifs is 2. The van der Waals surface area contributed by atoms with Gasteiger partial charge < -0.3 is 23.5 Å². The predicted octanol–water partition coefficient (Wildman–Crippen LogP) is 2.80. The molecule has 0 atom stereocenters. The highest BCUT2D eigenvalue weighted by atomic mass is 16.7. The smallest absolute Gasteiger partial charge is 0.337 e. The third-order valence-corrected chi connectivity index (χ3v) is 4.39. The van der Waals surface area contributed by atoms with Crippen molar-refractivity contribution in [3.63, 3.8) is 0 Å². The van der Waals surface area contributed by atoms with Crippen LogP contribution in [0.2, 0.25) is 0 Å². The summed E-state index contributed by atoms with van der Waals surface area (Å²) in [4.78, 5) is 26.4. The van der Waals surface area contributed by atoms with Crippen molar-refractivity contribution in [1.29, 1.82) is 0 Å². The van der Waals surface area contributed by atoms with Crippen LogP contribution >= 0.6 is 0 Å². The Labute approximate surface area is 154 Å². The number of carbonyl (C=O) groups excluding carboxylic acids is 1. The van der Waals surface area contributed by atoms with Gasteiger partial charge in [-0.25, -0.2) is 4.79 Å². The summed E-state index contributed by atoms with van der Waals surface area (Å²) < 4.78 is 21.0. The fourth-order valence-corrected chi connectivity index (χ4v) is 3.04. The van der Waals surface area contributed by atoms with Crippen molar-refractivity contribution < 1.29 is 23.4 Å². The van der Waals surface area contributed by atoms with Gasteiger partial charge in [0.15, 0.2) is 11.5 Å². The van der Waals surface area contributed by atoms with Crippen molar-refractivity contribution in [3.8, 4) is 17.2 Å². The lowest BCUT2D eigenvalue weighted by Gasteiger charge is -2.18. The Balaban J connectivity index is 1.64. The Morgan fingerprint density at radius 1 is 1.11 bits per heavy atom. The van der Waals surface area contributed by atoms with Gasteiger partial charge >= 0.3 is 5.63 Å². The summed E-state index contributed by atoms with van der Waals surface area (Å²) >= 11 is 0. The first kappa shape index (κ1) is 17.0. The van der Waals surface area contributed by atoms with Gasteiger partial charge in [-0.05, 0) is 29.8 Å². The van der Waals surface area contributed by atoms with Crippen LogP contribution in [0.15, 0.2) is 51.7 Å². The van der Waals surface area contributed by atoms with Crippen LogP contribution in [0.1, 0.15) is 15.9 Å². The van der Waals surface area contributed by atoms with E-state index in [1.54, 1.807) is 25.2 Å². The molecule has 2 heterocycles. The molecule has 0 fully saturated rings. The molecule has 7 heteroatoms. The van der Waals surface area contributed by atoms with E-state index in [0.717, 1.165) is 5.56 Å². The first-order valence-electron chi connectivity index (χ1n) is 8.31. The summed E-state index contributed by atoms with van der Waals surface area (Å²) in [6, 6.07) is 11.8. The van der Waals surface area contributed by atoms with E-state index >= 15 is 0 Å². The molecule has 7 nitrogen and oxygen atoms in total. The second-order valence-corrected chi connectivity index (χ2v) is 6.19. The van der Waals surface area contributed by atoms with E-state index in [1.807, 2.05) is 18.2 Å². The Morgan fingerprint density at radius 3 is 2.74 bits per heavy atom. The molecule has 3 aromatic rings. The van der Waals surface area contributed by atoms with Crippen LogP contribution in [0.3, 0.4) is 0 Å². The molecule has 0 bridgehead atoms. The van der Waals surface area contributed by atoms with E-state index < -0.39 is 5.63 Å². The second kappa shape index (κ2) is 6.68. The second-order valence-electron chi connectivity index (χ2n) is 6.19. The molecule has 2 aromatic carbocycles. The van der Waals surface area contributed by atoms with E-state index in [1.165, 1.54) is 18.1 Å². The maximum absolute atomic E-state index is 13.0. The Kier molecular flexibility index (Phi) is 4.19. The molecular formula is C20H17NO6. The average Bonchev–Trinajstić information content (AvgIpc) is 3.13. The van der Waals surface area contributed by atoms with Crippen molar-refractivity contribution in [3.05, 3.63) is 64.0 Å². The van der Waals surface area contributed by atoms with Gasteiger partial charge in [0.2, 0.25) is 6.79 Å². The third kappa shape index (κ3) is 3.19. The number of nitrogens with zero attached hydrogens (tertiary/aromatic N) is 1. The number of rotatable bonds is 4. The maximum Gasteiger partial charge on any atom is 0.337 e. The molecule has 0 N–H and O–H groups in total. The Bertz CT molecular complexity index is 1090. The van der Waals surface area contributed by atoms with Gasteiger partial charge in [0.05, 0.1) is 12.7 Å². The highest BCUT2D eigenvalue weighted by molar-refractivity contribution is 6.05. The summed E-state index contributed by atoms with van der Waals surface area (Å²) in [5, 5.41) is 0.554. The van der Waals surface area contributed by atoms with Crippen LogP contribution in [0.25, 0.3) is 11.0 Å². The lowest BCUT2D eigenvalue weighted by molar-refractivity contribution is 0.0786. The van der Waals surface area contributed by atoms with Crippen LogP contribution in [-0.2, 0) is 6.54 Å². The number of carbonyl (C=O) groups is 1. The van der Waals surface area contributed by atoms with E-state index in [2.05, 4.69) is 0 Å². The minimum absolute atomic E-state index is 0.197. The summed E-state index contributed by atoms with van der Waals surface area (Å²) in [7, 11) is 3.20. The van der Waals surface area contributed by atoms with Gasteiger partial charge in [0.25, 0.3) is 5.91 Å². The lowest BCUT2D eigenvalue weighted by Crippen LogP contribution is -2.27. The summed E-state index contributed by atoms with van der Waals surface area (Å²) in [6.07, 6.45) is 0. The molecule has 138 valence electrons. The molecule has 27 heavy (non-hydrogen) atoms. The molecule has 0 saturated carbocycles. The molecule has 1 amide bonds. The van der Waals surface area contributed by atoms with Crippen LogP contribution in [0.5, 0.6) is 17.2 Å². The van der Waals surface area contributed by atoms with Crippen molar-refractivity contribution in [2.45, 2.75) is 6.54 Å². The Morgan fingerprint density at radius 2 is 1.93 bits per heavy atom. The minimum atomic E-state index is -0.587. The molecule has 1 aliphatic heterocycles. The molecule has 1 aliphatic rings. The molecular weight excluding hydrogens is 350 g/mol. The number of ether oxygens (including phenoxy) is 3. The standard InChI is InChI=1S/C20H17NO6/c1-21(10-12-3-6-16-18(7-12)26-11-25-16)20(23)15-9-19(22)27-17-8-13(24-2)4-5-14(15)17/h3-9H,10-11H2,1-2H3. The molecule has 0 aliphatic carbocycles. The van der Waals surface area contributed by atoms with Gasteiger partial charge in [-0.1, -0.05) is 6.07 Å². The van der Waals surface area contributed by atoms with E-state index in [0.29, 0.717) is 34.8 Å². The minimum Gasteiger partial charge on any atom is -0.497 e. The summed E-state index contributed by atoms with van der Waals surface area (Å²) in [5.41, 5.74) is 0.897. The third-order valence-electron chi connectivity index (χ3n) is 4.39. The monoisotopic (exact) mass is 367 g/mol. The molecule has 0 radical (unpaired) electrons. The number of methoxy groups -OCH3 is 1. The SMILES string of the molecule is COc1ccc2c(C(=O)N(C)Cc3ccc4c(c3)OCO4)cc(=O)oc2c1. The molecule has 1 aromatic heterocycles. The zero-order valence-corrected chi connectivity index (χ0v) is 14.9. The normalized spacial score (nSPS) is 12.2. The highest BCUT2D eigenvalue weighted by Crippen LogP contribution is 2.33. The highest BCUT2D eigenvalue weighted by Gasteiger charge is 2.19. The fourth-order valence-electron chi connectivity index (χ4n) is 3.04. The predicted molar refractivity (Wildman–Crippen MR) is 97.4 cm³/mol. The van der Waals surface area contributed by atoms with Crippen LogP contribution in [0.4, 0.5) is 0 Å². The van der Waals surface area contributed by atoms with Gasteiger partial charge in [-0.3, -0.25) is 4.79 Å². The lowest BCUT2D eigenvalue weighted by atomic mass is 10.1. The molecule has 0 unspecified atom stereocenters. The van der Waals surface area contributed by atoms with Crippen molar-refractivity contribution >= 4 is 16.9 Å². The molecule has 4 rings (SSSR count). The van der Waals surface area contributed by atoms with Crippen LogP contribution in [0, 0.1) is 0 Å². The van der Waals surface area contributed by atoms with Crippen molar-refractivity contribution in [2.75, 3.05) is 21.0 Å². The first-order chi connectivity index (χ1) is 13.0. The largest absolute Gasteiger partial charge is 0.497 e. The summed E-state index contributed by atoms with van der Waals surface area (Å²) in [6.45, 7) is 0.552. The van der Waals surface area contributed by atoms with Gasteiger partial charge in [-0.2, -0.15) is 0 Å². The van der Waals surface area contributed by atoms with E-state index in [-0.39, 0.29) is 18.3 Å². The fraction of sp³-hybridized carbons (Fsp3) is 0.200. The van der Waals surface area contributed by atoms with Crippen molar-refractivity contribution in [2.24, 2.45) is 0 Å². The molecule has 0 saturated heterocycles. The van der Waals surface area contributed by atoms with Crippen molar-refractivity contribution in [1.82, 2.24) is 4.90 Å². The van der Waals surface area contributed by atoms with E-state index in [4.69, 9.17) is 18.6 Å².